The van der Waals surface area contributed by atoms with Crippen molar-refractivity contribution in [2.45, 2.75) is 52.0 Å². The van der Waals surface area contributed by atoms with Gasteiger partial charge in [-0.25, -0.2) is 4.79 Å². The van der Waals surface area contributed by atoms with E-state index in [1.807, 2.05) is 53.1 Å². The molecule has 4 rings (SSSR count). The van der Waals surface area contributed by atoms with Crippen LogP contribution in [0.5, 0.6) is 5.75 Å². The van der Waals surface area contributed by atoms with Crippen molar-refractivity contribution in [3.63, 3.8) is 0 Å². The molecule has 33 heavy (non-hydrogen) atoms. The SMILES string of the molecule is CCc1nc(-c2ccc(OCCCCC(C)(C)N3CCN(c4ccncc4)C3=O)cc2)no1. The second kappa shape index (κ2) is 10.0. The van der Waals surface area contributed by atoms with Crippen molar-refractivity contribution < 1.29 is 14.1 Å². The third-order valence-electron chi connectivity index (χ3n) is 6.05. The number of carbonyl (C=O) groups excluding carboxylic acids is 1. The van der Waals surface area contributed by atoms with Gasteiger partial charge in [-0.2, -0.15) is 4.98 Å². The Hall–Kier alpha value is -3.42. The van der Waals surface area contributed by atoms with E-state index in [9.17, 15) is 4.79 Å². The molecule has 0 bridgehead atoms. The molecule has 3 heterocycles. The maximum absolute atomic E-state index is 13.0. The zero-order valence-electron chi connectivity index (χ0n) is 19.5. The summed E-state index contributed by atoms with van der Waals surface area (Å²) in [5, 5.41) is 4.00. The van der Waals surface area contributed by atoms with Crippen LogP contribution in [0.1, 0.15) is 45.9 Å². The lowest BCUT2D eigenvalue weighted by Gasteiger charge is -2.35. The Bertz CT molecular complexity index is 1050. The third kappa shape index (κ3) is 5.32. The number of aromatic nitrogens is 3. The number of anilines is 1. The van der Waals surface area contributed by atoms with Gasteiger partial charge in [0.25, 0.3) is 0 Å². The van der Waals surface area contributed by atoms with Gasteiger partial charge in [0, 0.05) is 48.7 Å². The minimum atomic E-state index is -0.206. The summed E-state index contributed by atoms with van der Waals surface area (Å²) in [7, 11) is 0. The number of rotatable bonds is 10. The van der Waals surface area contributed by atoms with Gasteiger partial charge in [-0.3, -0.25) is 9.88 Å². The van der Waals surface area contributed by atoms with Crippen LogP contribution in [0.3, 0.4) is 0 Å². The molecule has 8 nitrogen and oxygen atoms in total. The van der Waals surface area contributed by atoms with Crippen LogP contribution in [-0.2, 0) is 6.42 Å². The fourth-order valence-electron chi connectivity index (χ4n) is 4.06. The van der Waals surface area contributed by atoms with E-state index in [-0.39, 0.29) is 11.6 Å². The Kier molecular flexibility index (Phi) is 6.91. The number of pyridine rings is 1. The highest BCUT2D eigenvalue weighted by Crippen LogP contribution is 2.29. The molecule has 1 fully saturated rings. The monoisotopic (exact) mass is 449 g/mol. The molecule has 174 valence electrons. The van der Waals surface area contributed by atoms with Crippen LogP contribution < -0.4 is 9.64 Å². The Morgan fingerprint density at radius 3 is 2.52 bits per heavy atom. The van der Waals surface area contributed by atoms with Crippen LogP contribution >= 0.6 is 0 Å². The molecule has 1 saturated heterocycles. The number of amides is 2. The van der Waals surface area contributed by atoms with Gasteiger partial charge in [0.15, 0.2) is 0 Å². The van der Waals surface area contributed by atoms with Crippen LogP contribution in [0.15, 0.2) is 53.3 Å². The maximum Gasteiger partial charge on any atom is 0.325 e. The van der Waals surface area contributed by atoms with Crippen LogP contribution in [0.4, 0.5) is 10.5 Å². The smallest absolute Gasteiger partial charge is 0.325 e. The lowest BCUT2D eigenvalue weighted by molar-refractivity contribution is 0.150. The molecule has 0 saturated carbocycles. The average molecular weight is 450 g/mol. The maximum atomic E-state index is 13.0. The normalized spacial score (nSPS) is 14.2. The molecule has 2 amide bonds. The number of ether oxygens (including phenoxy) is 1. The Labute approximate surface area is 194 Å². The van der Waals surface area contributed by atoms with Gasteiger partial charge in [0.2, 0.25) is 11.7 Å². The lowest BCUT2D eigenvalue weighted by Crippen LogP contribution is -2.46. The highest BCUT2D eigenvalue weighted by Gasteiger charge is 2.38. The molecule has 3 aromatic rings. The molecule has 1 aliphatic heterocycles. The van der Waals surface area contributed by atoms with Crippen LogP contribution in [0.25, 0.3) is 11.4 Å². The van der Waals surface area contributed by atoms with Gasteiger partial charge in [-0.15, -0.1) is 0 Å². The van der Waals surface area contributed by atoms with E-state index in [0.29, 0.717) is 24.9 Å². The first kappa shape index (κ1) is 22.8. The molecule has 0 aliphatic carbocycles. The van der Waals surface area contributed by atoms with Gasteiger partial charge >= 0.3 is 6.03 Å². The standard InChI is InChI=1S/C25H31N5O3/c1-4-22-27-23(28-33-22)19-7-9-21(10-8-19)32-18-6-5-13-25(2,3)30-17-16-29(24(30)31)20-11-14-26-15-12-20/h7-12,14-15H,4-6,13,16-18H2,1-3H3. The summed E-state index contributed by atoms with van der Waals surface area (Å²) in [6.45, 7) is 8.33. The number of benzene rings is 1. The topological polar surface area (TPSA) is 84.6 Å². The molecule has 0 spiro atoms. The van der Waals surface area contributed by atoms with E-state index in [1.165, 1.54) is 0 Å². The fraction of sp³-hybridized carbons (Fsp3) is 0.440. The van der Waals surface area contributed by atoms with Crippen molar-refractivity contribution in [2.24, 2.45) is 0 Å². The van der Waals surface area contributed by atoms with Gasteiger partial charge in [0.05, 0.1) is 6.61 Å². The van der Waals surface area contributed by atoms with Crippen molar-refractivity contribution >= 4 is 11.7 Å². The molecule has 0 N–H and O–H groups in total. The number of aryl methyl sites for hydroxylation is 1. The predicted molar refractivity (Wildman–Crippen MR) is 126 cm³/mol. The lowest BCUT2D eigenvalue weighted by atomic mass is 9.95. The first-order valence-corrected chi connectivity index (χ1v) is 11.5. The zero-order valence-corrected chi connectivity index (χ0v) is 19.5. The van der Waals surface area contributed by atoms with Crippen molar-refractivity contribution in [2.75, 3.05) is 24.6 Å². The van der Waals surface area contributed by atoms with Gasteiger partial charge in [-0.1, -0.05) is 12.1 Å². The first-order chi connectivity index (χ1) is 16.0. The molecule has 1 aromatic carbocycles. The van der Waals surface area contributed by atoms with Crippen molar-refractivity contribution in [1.29, 1.82) is 0 Å². The summed E-state index contributed by atoms with van der Waals surface area (Å²) in [5.41, 5.74) is 1.60. The highest BCUT2D eigenvalue weighted by atomic mass is 16.5. The number of carbonyl (C=O) groups is 1. The van der Waals surface area contributed by atoms with E-state index in [4.69, 9.17) is 9.26 Å². The Morgan fingerprint density at radius 1 is 1.06 bits per heavy atom. The van der Waals surface area contributed by atoms with Gasteiger partial charge in [0.1, 0.15) is 5.75 Å². The summed E-state index contributed by atoms with van der Waals surface area (Å²) in [4.78, 5) is 25.2. The fourth-order valence-corrected chi connectivity index (χ4v) is 4.06. The average Bonchev–Trinajstić information content (AvgIpc) is 3.47. The summed E-state index contributed by atoms with van der Waals surface area (Å²) in [6, 6.07) is 11.6. The van der Waals surface area contributed by atoms with E-state index in [2.05, 4.69) is 29.0 Å². The largest absolute Gasteiger partial charge is 0.494 e. The third-order valence-corrected chi connectivity index (χ3v) is 6.05. The summed E-state index contributed by atoms with van der Waals surface area (Å²) < 4.78 is 11.1. The molecule has 0 unspecified atom stereocenters. The minimum absolute atomic E-state index is 0.0650. The van der Waals surface area contributed by atoms with E-state index < -0.39 is 0 Å². The zero-order chi connectivity index (χ0) is 23.3. The Balaban J connectivity index is 1.21. The molecule has 8 heteroatoms. The van der Waals surface area contributed by atoms with Gasteiger partial charge < -0.3 is 14.2 Å². The molecular weight excluding hydrogens is 418 g/mol. The van der Waals surface area contributed by atoms with Gasteiger partial charge in [-0.05, 0) is 69.5 Å². The highest BCUT2D eigenvalue weighted by molar-refractivity contribution is 5.94. The van der Waals surface area contributed by atoms with Crippen LogP contribution in [0.2, 0.25) is 0 Å². The number of unbranched alkanes of at least 4 members (excludes halogenated alkanes) is 1. The second-order valence-corrected chi connectivity index (χ2v) is 8.80. The van der Waals surface area contributed by atoms with E-state index in [0.717, 1.165) is 49.2 Å². The van der Waals surface area contributed by atoms with Crippen molar-refractivity contribution in [1.82, 2.24) is 20.0 Å². The second-order valence-electron chi connectivity index (χ2n) is 8.80. The molecular formula is C25H31N5O3. The number of urea groups is 1. The quantitative estimate of drug-likeness (QED) is 0.407. The number of hydrogen-bond donors (Lipinski definition) is 0. The van der Waals surface area contributed by atoms with Crippen LogP contribution in [-0.4, -0.2) is 51.3 Å². The minimum Gasteiger partial charge on any atom is -0.494 e. The summed E-state index contributed by atoms with van der Waals surface area (Å²) in [5.74, 6) is 2.05. The van der Waals surface area contributed by atoms with E-state index in [1.54, 1.807) is 12.4 Å². The van der Waals surface area contributed by atoms with Crippen molar-refractivity contribution in [3.05, 3.63) is 54.7 Å². The molecule has 2 aromatic heterocycles. The Morgan fingerprint density at radius 2 is 1.82 bits per heavy atom. The predicted octanol–water partition coefficient (Wildman–Crippen LogP) is 4.96. The molecule has 0 atom stereocenters. The number of nitrogens with zero attached hydrogens (tertiary/aromatic N) is 5. The number of hydrogen-bond acceptors (Lipinski definition) is 6. The molecule has 1 aliphatic rings. The first-order valence-electron chi connectivity index (χ1n) is 11.5. The summed E-state index contributed by atoms with van der Waals surface area (Å²) in [6.07, 6.45) is 6.98. The summed E-state index contributed by atoms with van der Waals surface area (Å²) >= 11 is 0. The van der Waals surface area contributed by atoms with Crippen LogP contribution in [0, 0.1) is 0 Å². The van der Waals surface area contributed by atoms with Crippen molar-refractivity contribution in [3.8, 4) is 17.1 Å². The molecule has 0 radical (unpaired) electrons. The van der Waals surface area contributed by atoms with E-state index >= 15 is 0 Å².